The van der Waals surface area contributed by atoms with Gasteiger partial charge in [-0.15, -0.1) is 0 Å². The number of aromatic nitrogens is 2. The third kappa shape index (κ3) is 3.57. The summed E-state index contributed by atoms with van der Waals surface area (Å²) in [7, 11) is 1.84. The molecule has 20 heavy (non-hydrogen) atoms. The van der Waals surface area contributed by atoms with E-state index in [9.17, 15) is 4.79 Å². The van der Waals surface area contributed by atoms with Gasteiger partial charge in [0.2, 0.25) is 0 Å². The Hall–Kier alpha value is -1.89. The van der Waals surface area contributed by atoms with E-state index in [4.69, 9.17) is 9.84 Å². The Morgan fingerprint density at radius 3 is 2.85 bits per heavy atom. The lowest BCUT2D eigenvalue weighted by Gasteiger charge is -2.28. The van der Waals surface area contributed by atoms with Gasteiger partial charge in [0.05, 0.1) is 19.1 Å². The van der Waals surface area contributed by atoms with Gasteiger partial charge in [0, 0.05) is 32.7 Å². The summed E-state index contributed by atoms with van der Waals surface area (Å²) < 4.78 is 5.32. The summed E-state index contributed by atoms with van der Waals surface area (Å²) in [6.45, 7) is 5.12. The van der Waals surface area contributed by atoms with Crippen LogP contribution < -0.4 is 9.80 Å². The third-order valence-corrected chi connectivity index (χ3v) is 3.33. The third-order valence-electron chi connectivity index (χ3n) is 3.33. The van der Waals surface area contributed by atoms with E-state index in [1.165, 1.54) is 6.33 Å². The van der Waals surface area contributed by atoms with Gasteiger partial charge in [0.1, 0.15) is 18.0 Å². The van der Waals surface area contributed by atoms with Crippen LogP contribution in [0.15, 0.2) is 12.4 Å². The Labute approximate surface area is 118 Å². The lowest BCUT2D eigenvalue weighted by Crippen LogP contribution is -2.37. The minimum absolute atomic E-state index is 0.412. The first kappa shape index (κ1) is 14.5. The van der Waals surface area contributed by atoms with Gasteiger partial charge in [-0.2, -0.15) is 0 Å². The number of aliphatic carboxylic acids is 1. The maximum Gasteiger partial charge on any atom is 0.308 e. The number of hydrogen-bond acceptors (Lipinski definition) is 6. The van der Waals surface area contributed by atoms with Crippen LogP contribution in [-0.4, -0.2) is 60.9 Å². The fraction of sp³-hybridized carbons (Fsp3) is 0.615. The van der Waals surface area contributed by atoms with Crippen molar-refractivity contribution in [3.8, 4) is 0 Å². The highest BCUT2D eigenvalue weighted by atomic mass is 16.5. The van der Waals surface area contributed by atoms with Gasteiger partial charge in [-0.05, 0) is 0 Å². The van der Waals surface area contributed by atoms with Crippen LogP contribution >= 0.6 is 0 Å². The molecule has 7 heteroatoms. The highest BCUT2D eigenvalue weighted by Crippen LogP contribution is 2.18. The van der Waals surface area contributed by atoms with Crippen LogP contribution in [0.5, 0.6) is 0 Å². The molecule has 0 aliphatic carbocycles. The molecule has 110 valence electrons. The van der Waals surface area contributed by atoms with Gasteiger partial charge in [-0.25, -0.2) is 9.97 Å². The fourth-order valence-electron chi connectivity index (χ4n) is 2.09. The maximum atomic E-state index is 10.9. The second-order valence-electron chi connectivity index (χ2n) is 4.95. The minimum Gasteiger partial charge on any atom is -0.481 e. The molecule has 2 rings (SSSR count). The zero-order chi connectivity index (χ0) is 14.5. The smallest absolute Gasteiger partial charge is 0.308 e. The summed E-state index contributed by atoms with van der Waals surface area (Å²) in [5.74, 6) is 0.337. The SMILES string of the molecule is CC(CN(C)c1cc(N2CCOCC2)ncn1)C(=O)O. The lowest BCUT2D eigenvalue weighted by atomic mass is 10.2. The minimum atomic E-state index is -0.806. The van der Waals surface area contributed by atoms with Crippen molar-refractivity contribution < 1.29 is 14.6 Å². The van der Waals surface area contributed by atoms with Crippen molar-refractivity contribution in [2.45, 2.75) is 6.92 Å². The molecule has 0 saturated carbocycles. The van der Waals surface area contributed by atoms with Crippen molar-refractivity contribution in [2.75, 3.05) is 49.7 Å². The number of carboxylic acid groups (broad SMARTS) is 1. The first-order chi connectivity index (χ1) is 9.58. The van der Waals surface area contributed by atoms with Crippen LogP contribution in [0, 0.1) is 5.92 Å². The zero-order valence-corrected chi connectivity index (χ0v) is 11.8. The van der Waals surface area contributed by atoms with Crippen molar-refractivity contribution in [3.63, 3.8) is 0 Å². The molecule has 0 aromatic carbocycles. The molecule has 1 aliphatic rings. The predicted octanol–water partition coefficient (Wildman–Crippen LogP) is 0.470. The number of carbonyl (C=O) groups is 1. The van der Waals surface area contributed by atoms with Crippen molar-refractivity contribution in [2.24, 2.45) is 5.92 Å². The van der Waals surface area contributed by atoms with E-state index in [0.29, 0.717) is 19.8 Å². The molecule has 1 unspecified atom stereocenters. The molecular weight excluding hydrogens is 260 g/mol. The molecular formula is C13H20N4O3. The van der Waals surface area contributed by atoms with Crippen LogP contribution in [0.1, 0.15) is 6.92 Å². The van der Waals surface area contributed by atoms with E-state index in [0.717, 1.165) is 24.7 Å². The molecule has 1 N–H and O–H groups in total. The Bertz CT molecular complexity index is 463. The number of hydrogen-bond donors (Lipinski definition) is 1. The van der Waals surface area contributed by atoms with E-state index in [2.05, 4.69) is 14.9 Å². The van der Waals surface area contributed by atoms with E-state index in [1.807, 2.05) is 18.0 Å². The lowest BCUT2D eigenvalue weighted by molar-refractivity contribution is -0.140. The standard InChI is InChI=1S/C13H20N4O3/c1-10(13(18)19)8-16(2)11-7-12(15-9-14-11)17-3-5-20-6-4-17/h7,9-10H,3-6,8H2,1-2H3,(H,18,19). The van der Waals surface area contributed by atoms with Crippen LogP contribution in [-0.2, 0) is 9.53 Å². The molecule has 1 saturated heterocycles. The average molecular weight is 280 g/mol. The highest BCUT2D eigenvalue weighted by Gasteiger charge is 2.17. The fourth-order valence-corrected chi connectivity index (χ4v) is 2.09. The van der Waals surface area contributed by atoms with E-state index < -0.39 is 11.9 Å². The molecule has 1 fully saturated rings. The Balaban J connectivity index is 2.06. The molecule has 0 spiro atoms. The van der Waals surface area contributed by atoms with Gasteiger partial charge in [0.25, 0.3) is 0 Å². The first-order valence-corrected chi connectivity index (χ1v) is 6.66. The Morgan fingerprint density at radius 2 is 2.20 bits per heavy atom. The van der Waals surface area contributed by atoms with Crippen LogP contribution in [0.3, 0.4) is 0 Å². The summed E-state index contributed by atoms with van der Waals surface area (Å²) in [5, 5.41) is 8.95. The normalized spacial score (nSPS) is 16.8. The van der Waals surface area contributed by atoms with Crippen molar-refractivity contribution in [1.29, 1.82) is 0 Å². The number of ether oxygens (including phenoxy) is 1. The molecule has 2 heterocycles. The summed E-state index contributed by atoms with van der Waals surface area (Å²) in [4.78, 5) is 23.4. The zero-order valence-electron chi connectivity index (χ0n) is 11.8. The van der Waals surface area contributed by atoms with Gasteiger partial charge >= 0.3 is 5.97 Å². The summed E-state index contributed by atoms with van der Waals surface area (Å²) in [6.07, 6.45) is 1.52. The van der Waals surface area contributed by atoms with Crippen molar-refractivity contribution in [1.82, 2.24) is 9.97 Å². The van der Waals surface area contributed by atoms with Crippen LogP contribution in [0.4, 0.5) is 11.6 Å². The second-order valence-corrected chi connectivity index (χ2v) is 4.95. The molecule has 1 aliphatic heterocycles. The summed E-state index contributed by atoms with van der Waals surface area (Å²) in [6, 6.07) is 1.89. The Kier molecular flexibility index (Phi) is 4.73. The molecule has 0 radical (unpaired) electrons. The highest BCUT2D eigenvalue weighted by molar-refractivity contribution is 5.70. The molecule has 1 aromatic heterocycles. The summed E-state index contributed by atoms with van der Waals surface area (Å²) >= 11 is 0. The average Bonchev–Trinajstić information content (AvgIpc) is 2.48. The number of anilines is 2. The second kappa shape index (κ2) is 6.51. The molecule has 7 nitrogen and oxygen atoms in total. The van der Waals surface area contributed by atoms with Gasteiger partial charge in [-0.3, -0.25) is 4.79 Å². The van der Waals surface area contributed by atoms with E-state index in [-0.39, 0.29) is 0 Å². The number of rotatable bonds is 5. The largest absolute Gasteiger partial charge is 0.481 e. The van der Waals surface area contributed by atoms with Gasteiger partial charge < -0.3 is 19.6 Å². The van der Waals surface area contributed by atoms with E-state index >= 15 is 0 Å². The molecule has 1 atom stereocenters. The van der Waals surface area contributed by atoms with Crippen molar-refractivity contribution in [3.05, 3.63) is 12.4 Å². The van der Waals surface area contributed by atoms with Crippen LogP contribution in [0.25, 0.3) is 0 Å². The first-order valence-electron chi connectivity index (χ1n) is 6.66. The number of carboxylic acids is 1. The van der Waals surface area contributed by atoms with Gasteiger partial charge in [-0.1, -0.05) is 6.92 Å². The summed E-state index contributed by atoms with van der Waals surface area (Å²) in [5.41, 5.74) is 0. The van der Waals surface area contributed by atoms with E-state index in [1.54, 1.807) is 6.92 Å². The maximum absolute atomic E-state index is 10.9. The van der Waals surface area contributed by atoms with Crippen LogP contribution in [0.2, 0.25) is 0 Å². The quantitative estimate of drug-likeness (QED) is 0.840. The predicted molar refractivity (Wildman–Crippen MR) is 75.1 cm³/mol. The van der Waals surface area contributed by atoms with Crippen molar-refractivity contribution >= 4 is 17.6 Å². The molecule has 0 amide bonds. The monoisotopic (exact) mass is 280 g/mol. The van der Waals surface area contributed by atoms with Gasteiger partial charge in [0.15, 0.2) is 0 Å². The topological polar surface area (TPSA) is 78.8 Å². The number of nitrogens with zero attached hydrogens (tertiary/aromatic N) is 4. The molecule has 1 aromatic rings. The molecule has 0 bridgehead atoms. The Morgan fingerprint density at radius 1 is 1.50 bits per heavy atom. The number of morpholine rings is 1.